The first-order chi connectivity index (χ1) is 13.0. The molecule has 2 aromatic heterocycles. The van der Waals surface area contributed by atoms with Crippen LogP contribution in [-0.2, 0) is 6.54 Å². The van der Waals surface area contributed by atoms with Crippen LogP contribution in [0.25, 0.3) is 22.2 Å². The molecule has 0 bridgehead atoms. The van der Waals surface area contributed by atoms with Crippen molar-refractivity contribution >= 4 is 28.5 Å². The average Bonchev–Trinajstić information content (AvgIpc) is 2.94. The molecule has 0 saturated heterocycles. The monoisotopic (exact) mass is 376 g/mol. The summed E-state index contributed by atoms with van der Waals surface area (Å²) in [6.07, 6.45) is 3.61. The van der Waals surface area contributed by atoms with Crippen LogP contribution in [0.15, 0.2) is 67.0 Å². The SMILES string of the molecule is Cc1c(-c2cccnc2)n(Cc2ccc(C(=O)O)cc2)c2cc(Cl)ccc12. The average molecular weight is 377 g/mol. The lowest BCUT2D eigenvalue weighted by Crippen LogP contribution is -2.03. The lowest BCUT2D eigenvalue weighted by molar-refractivity contribution is 0.0697. The molecule has 0 aliphatic carbocycles. The minimum atomic E-state index is -0.924. The molecule has 0 fully saturated rings. The number of aromatic nitrogens is 2. The van der Waals surface area contributed by atoms with Crippen molar-refractivity contribution in [2.75, 3.05) is 0 Å². The van der Waals surface area contributed by atoms with E-state index < -0.39 is 5.97 Å². The van der Waals surface area contributed by atoms with Crippen LogP contribution in [-0.4, -0.2) is 20.6 Å². The molecule has 1 N–H and O–H groups in total. The van der Waals surface area contributed by atoms with Crippen LogP contribution in [0, 0.1) is 6.92 Å². The highest BCUT2D eigenvalue weighted by Crippen LogP contribution is 2.35. The van der Waals surface area contributed by atoms with E-state index in [4.69, 9.17) is 16.7 Å². The summed E-state index contributed by atoms with van der Waals surface area (Å²) < 4.78 is 2.21. The second kappa shape index (κ2) is 6.89. The van der Waals surface area contributed by atoms with Crippen LogP contribution in [0.2, 0.25) is 5.02 Å². The van der Waals surface area contributed by atoms with Crippen LogP contribution >= 0.6 is 11.6 Å². The van der Waals surface area contributed by atoms with Crippen molar-refractivity contribution in [3.63, 3.8) is 0 Å². The molecule has 2 aromatic carbocycles. The number of carboxylic acids is 1. The van der Waals surface area contributed by atoms with Crippen LogP contribution < -0.4 is 0 Å². The fourth-order valence-corrected chi connectivity index (χ4v) is 3.64. The van der Waals surface area contributed by atoms with Crippen LogP contribution in [0.5, 0.6) is 0 Å². The predicted octanol–water partition coefficient (Wildman–Crippen LogP) is 5.41. The molecular weight excluding hydrogens is 360 g/mol. The minimum absolute atomic E-state index is 0.280. The summed E-state index contributed by atoms with van der Waals surface area (Å²) in [4.78, 5) is 15.4. The van der Waals surface area contributed by atoms with Gasteiger partial charge in [-0.3, -0.25) is 4.98 Å². The molecule has 0 unspecified atom stereocenters. The number of nitrogens with zero attached hydrogens (tertiary/aromatic N) is 2. The van der Waals surface area contributed by atoms with Gasteiger partial charge < -0.3 is 9.67 Å². The maximum atomic E-state index is 11.1. The zero-order chi connectivity index (χ0) is 19.0. The molecule has 0 saturated carbocycles. The molecule has 27 heavy (non-hydrogen) atoms. The normalized spacial score (nSPS) is 11.0. The van der Waals surface area contributed by atoms with Gasteiger partial charge in [-0.25, -0.2) is 4.79 Å². The number of carboxylic acid groups (broad SMARTS) is 1. The van der Waals surface area contributed by atoms with Gasteiger partial charge in [-0.2, -0.15) is 0 Å². The third-order valence-corrected chi connectivity index (χ3v) is 4.99. The first kappa shape index (κ1) is 17.3. The Bertz CT molecular complexity index is 1130. The summed E-state index contributed by atoms with van der Waals surface area (Å²) in [7, 11) is 0. The Kier molecular flexibility index (Phi) is 4.42. The highest BCUT2D eigenvalue weighted by atomic mass is 35.5. The number of fused-ring (bicyclic) bond motifs is 1. The molecule has 5 heteroatoms. The summed E-state index contributed by atoms with van der Waals surface area (Å²) in [5.74, 6) is -0.924. The summed E-state index contributed by atoms with van der Waals surface area (Å²) in [6.45, 7) is 2.71. The van der Waals surface area contributed by atoms with Gasteiger partial charge in [0.25, 0.3) is 0 Å². The number of hydrogen-bond acceptors (Lipinski definition) is 2. The molecule has 4 nitrogen and oxygen atoms in total. The van der Waals surface area contributed by atoms with Gasteiger partial charge in [-0.05, 0) is 54.4 Å². The Morgan fingerprint density at radius 3 is 2.59 bits per heavy atom. The van der Waals surface area contributed by atoms with E-state index in [-0.39, 0.29) is 5.56 Å². The standard InChI is InChI=1S/C22H17ClN2O2/c1-14-19-9-8-18(23)11-20(19)25(21(14)17-3-2-10-24-12-17)13-15-4-6-16(7-5-15)22(26)27/h2-12H,13H2,1H3,(H,26,27). The summed E-state index contributed by atoms with van der Waals surface area (Å²) in [5, 5.41) is 10.9. The van der Waals surface area contributed by atoms with Gasteiger partial charge in [0.05, 0.1) is 16.8 Å². The molecule has 4 rings (SSSR count). The lowest BCUT2D eigenvalue weighted by atomic mass is 10.1. The Morgan fingerprint density at radius 1 is 1.15 bits per heavy atom. The first-order valence-corrected chi connectivity index (χ1v) is 8.93. The highest BCUT2D eigenvalue weighted by molar-refractivity contribution is 6.31. The van der Waals surface area contributed by atoms with Gasteiger partial charge in [0, 0.05) is 34.9 Å². The van der Waals surface area contributed by atoms with Crippen LogP contribution in [0.1, 0.15) is 21.5 Å². The molecule has 0 atom stereocenters. The minimum Gasteiger partial charge on any atom is -0.478 e. The zero-order valence-electron chi connectivity index (χ0n) is 14.7. The summed E-state index contributed by atoms with van der Waals surface area (Å²) in [6, 6.07) is 16.8. The third kappa shape index (κ3) is 3.20. The Morgan fingerprint density at radius 2 is 1.93 bits per heavy atom. The molecule has 4 aromatic rings. The Labute approximate surface area is 161 Å². The molecule has 2 heterocycles. The summed E-state index contributed by atoms with van der Waals surface area (Å²) in [5.41, 5.74) is 5.62. The fraction of sp³-hybridized carbons (Fsp3) is 0.0909. The fourth-order valence-electron chi connectivity index (χ4n) is 3.47. The molecule has 0 aliphatic rings. The number of hydrogen-bond donors (Lipinski definition) is 1. The van der Waals surface area contributed by atoms with E-state index in [9.17, 15) is 4.79 Å². The predicted molar refractivity (Wildman–Crippen MR) is 107 cm³/mol. The van der Waals surface area contributed by atoms with E-state index in [1.165, 1.54) is 0 Å². The van der Waals surface area contributed by atoms with Gasteiger partial charge in [-0.15, -0.1) is 0 Å². The van der Waals surface area contributed by atoms with E-state index >= 15 is 0 Å². The first-order valence-electron chi connectivity index (χ1n) is 8.55. The molecule has 0 spiro atoms. The topological polar surface area (TPSA) is 55.1 Å². The molecule has 0 radical (unpaired) electrons. The Hall–Kier alpha value is -3.11. The van der Waals surface area contributed by atoms with Crippen molar-refractivity contribution in [3.8, 4) is 11.3 Å². The van der Waals surface area contributed by atoms with E-state index in [2.05, 4.69) is 16.5 Å². The largest absolute Gasteiger partial charge is 0.478 e. The van der Waals surface area contributed by atoms with Crippen molar-refractivity contribution < 1.29 is 9.90 Å². The van der Waals surface area contributed by atoms with Crippen LogP contribution in [0.3, 0.4) is 0 Å². The van der Waals surface area contributed by atoms with E-state index in [0.29, 0.717) is 11.6 Å². The second-order valence-electron chi connectivity index (χ2n) is 6.46. The summed E-state index contributed by atoms with van der Waals surface area (Å²) >= 11 is 6.27. The van der Waals surface area contributed by atoms with Crippen molar-refractivity contribution in [1.82, 2.24) is 9.55 Å². The van der Waals surface area contributed by atoms with Gasteiger partial charge >= 0.3 is 5.97 Å². The number of rotatable bonds is 4. The molecule has 134 valence electrons. The molecule has 0 aliphatic heterocycles. The van der Waals surface area contributed by atoms with Gasteiger partial charge in [0.1, 0.15) is 0 Å². The third-order valence-electron chi connectivity index (χ3n) is 4.76. The highest BCUT2D eigenvalue weighted by Gasteiger charge is 2.16. The lowest BCUT2D eigenvalue weighted by Gasteiger charge is -2.12. The number of carbonyl (C=O) groups is 1. The molecular formula is C22H17ClN2O2. The van der Waals surface area contributed by atoms with E-state index in [0.717, 1.165) is 33.3 Å². The number of aryl methyl sites for hydroxylation is 1. The number of pyridine rings is 1. The van der Waals surface area contributed by atoms with Gasteiger partial charge in [-0.1, -0.05) is 29.8 Å². The maximum absolute atomic E-state index is 11.1. The molecule has 0 amide bonds. The number of benzene rings is 2. The van der Waals surface area contributed by atoms with Crippen molar-refractivity contribution in [2.24, 2.45) is 0 Å². The zero-order valence-corrected chi connectivity index (χ0v) is 15.4. The maximum Gasteiger partial charge on any atom is 0.335 e. The number of aromatic carboxylic acids is 1. The second-order valence-corrected chi connectivity index (χ2v) is 6.90. The van der Waals surface area contributed by atoms with Gasteiger partial charge in [0.15, 0.2) is 0 Å². The van der Waals surface area contributed by atoms with Crippen LogP contribution in [0.4, 0.5) is 0 Å². The van der Waals surface area contributed by atoms with Crippen molar-refractivity contribution in [3.05, 3.63) is 88.7 Å². The Balaban J connectivity index is 1.89. The van der Waals surface area contributed by atoms with Crippen molar-refractivity contribution in [2.45, 2.75) is 13.5 Å². The van der Waals surface area contributed by atoms with Gasteiger partial charge in [0.2, 0.25) is 0 Å². The van der Waals surface area contributed by atoms with E-state index in [1.807, 2.05) is 48.7 Å². The van der Waals surface area contributed by atoms with Crippen molar-refractivity contribution in [1.29, 1.82) is 0 Å². The van der Waals surface area contributed by atoms with E-state index in [1.54, 1.807) is 18.3 Å². The quantitative estimate of drug-likeness (QED) is 0.518. The smallest absolute Gasteiger partial charge is 0.335 e. The number of halogens is 1.